The van der Waals surface area contributed by atoms with Gasteiger partial charge in [0, 0.05) is 32.7 Å². The molecule has 0 aliphatic carbocycles. The van der Waals surface area contributed by atoms with Gasteiger partial charge in [-0.05, 0) is 6.42 Å². The lowest BCUT2D eigenvalue weighted by Gasteiger charge is -2.37. The van der Waals surface area contributed by atoms with E-state index in [1.807, 2.05) is 0 Å². The molecule has 0 radical (unpaired) electrons. The molecule has 10 heteroatoms. The van der Waals surface area contributed by atoms with Crippen LogP contribution in [0.3, 0.4) is 0 Å². The van der Waals surface area contributed by atoms with Crippen molar-refractivity contribution in [2.75, 3.05) is 24.2 Å². The highest BCUT2D eigenvalue weighted by atomic mass is 32.2. The second-order valence-corrected chi connectivity index (χ2v) is 8.59. The summed E-state index contributed by atoms with van der Waals surface area (Å²) in [5.74, 6) is 0.0761. The first-order valence-electron chi connectivity index (χ1n) is 8.37. The standard InChI is InChI=1S/C15H24N4O4S2/c1-4-5-6-7-10-25(22)14-17-16-13(24-14)19-12(23-11(2)20)8-9-18(3)15(19)21/h12H,4-10H2,1-3H3. The van der Waals surface area contributed by atoms with Crippen molar-refractivity contribution in [3.63, 3.8) is 0 Å². The van der Waals surface area contributed by atoms with Crippen LogP contribution in [-0.2, 0) is 20.3 Å². The third kappa shape index (κ3) is 5.21. The maximum Gasteiger partial charge on any atom is 0.329 e. The van der Waals surface area contributed by atoms with Crippen LogP contribution in [0.15, 0.2) is 4.34 Å². The van der Waals surface area contributed by atoms with Gasteiger partial charge in [0.15, 0.2) is 6.23 Å². The van der Waals surface area contributed by atoms with Gasteiger partial charge in [-0.3, -0.25) is 9.00 Å². The number of amides is 2. The van der Waals surface area contributed by atoms with Crippen LogP contribution in [0, 0.1) is 0 Å². The lowest BCUT2D eigenvalue weighted by Crippen LogP contribution is -2.54. The predicted molar refractivity (Wildman–Crippen MR) is 96.0 cm³/mol. The molecular weight excluding hydrogens is 364 g/mol. The van der Waals surface area contributed by atoms with E-state index in [9.17, 15) is 13.8 Å². The minimum absolute atomic E-state index is 0.305. The zero-order chi connectivity index (χ0) is 18.4. The molecule has 0 aromatic carbocycles. The van der Waals surface area contributed by atoms with Gasteiger partial charge in [0.2, 0.25) is 9.47 Å². The fourth-order valence-corrected chi connectivity index (χ4v) is 4.71. The van der Waals surface area contributed by atoms with Gasteiger partial charge in [0.25, 0.3) is 0 Å². The molecule has 1 saturated heterocycles. The molecule has 1 aliphatic heterocycles. The fourth-order valence-electron chi connectivity index (χ4n) is 2.48. The molecule has 2 unspecified atom stereocenters. The highest BCUT2D eigenvalue weighted by Crippen LogP contribution is 2.29. The summed E-state index contributed by atoms with van der Waals surface area (Å²) in [6.45, 7) is 3.92. The number of urea groups is 1. The summed E-state index contributed by atoms with van der Waals surface area (Å²) >= 11 is 1.11. The minimum Gasteiger partial charge on any atom is -0.441 e. The molecule has 2 atom stereocenters. The Hall–Kier alpha value is -1.55. The smallest absolute Gasteiger partial charge is 0.329 e. The number of carbonyl (C=O) groups is 2. The molecule has 0 N–H and O–H groups in total. The fraction of sp³-hybridized carbons (Fsp3) is 0.733. The molecule has 2 heterocycles. The molecule has 1 fully saturated rings. The van der Waals surface area contributed by atoms with Crippen LogP contribution in [0.4, 0.5) is 9.93 Å². The minimum atomic E-state index is -1.23. The molecule has 0 bridgehead atoms. The second kappa shape index (κ2) is 9.23. The Labute approximate surface area is 154 Å². The maximum absolute atomic E-state index is 12.5. The zero-order valence-corrected chi connectivity index (χ0v) is 16.4. The number of hydrogen-bond acceptors (Lipinski definition) is 7. The van der Waals surface area contributed by atoms with Crippen molar-refractivity contribution < 1.29 is 18.5 Å². The molecule has 2 rings (SSSR count). The Bertz CT molecular complexity index is 637. The molecule has 2 amide bonds. The number of esters is 1. The van der Waals surface area contributed by atoms with Gasteiger partial charge in [0.05, 0.1) is 10.8 Å². The van der Waals surface area contributed by atoms with Crippen molar-refractivity contribution in [3.8, 4) is 0 Å². The zero-order valence-electron chi connectivity index (χ0n) is 14.8. The number of rotatable bonds is 8. The van der Waals surface area contributed by atoms with Gasteiger partial charge < -0.3 is 9.64 Å². The van der Waals surface area contributed by atoms with Crippen LogP contribution >= 0.6 is 11.3 Å². The van der Waals surface area contributed by atoms with Crippen LogP contribution in [0.5, 0.6) is 0 Å². The van der Waals surface area contributed by atoms with E-state index in [1.54, 1.807) is 7.05 Å². The van der Waals surface area contributed by atoms with E-state index in [4.69, 9.17) is 4.74 Å². The van der Waals surface area contributed by atoms with E-state index in [0.29, 0.717) is 28.2 Å². The molecule has 1 aliphatic rings. The van der Waals surface area contributed by atoms with E-state index in [2.05, 4.69) is 17.1 Å². The summed E-state index contributed by atoms with van der Waals surface area (Å²) in [4.78, 5) is 26.6. The van der Waals surface area contributed by atoms with E-state index in [0.717, 1.165) is 37.0 Å². The van der Waals surface area contributed by atoms with Gasteiger partial charge >= 0.3 is 12.0 Å². The largest absolute Gasteiger partial charge is 0.441 e. The summed E-state index contributed by atoms with van der Waals surface area (Å²) in [5.41, 5.74) is 0. The summed E-state index contributed by atoms with van der Waals surface area (Å²) in [5, 5.41) is 8.29. The lowest BCUT2D eigenvalue weighted by atomic mass is 10.2. The number of nitrogens with zero attached hydrogens (tertiary/aromatic N) is 4. The molecular formula is C15H24N4O4S2. The van der Waals surface area contributed by atoms with Crippen molar-refractivity contribution in [1.29, 1.82) is 0 Å². The molecule has 1 aromatic rings. The van der Waals surface area contributed by atoms with Crippen molar-refractivity contribution in [2.24, 2.45) is 0 Å². The number of aromatic nitrogens is 2. The average Bonchev–Trinajstić information content (AvgIpc) is 3.04. The predicted octanol–water partition coefficient (Wildman–Crippen LogP) is 2.38. The lowest BCUT2D eigenvalue weighted by molar-refractivity contribution is -0.146. The van der Waals surface area contributed by atoms with Gasteiger partial charge in [-0.1, -0.05) is 37.5 Å². The van der Waals surface area contributed by atoms with Crippen molar-refractivity contribution >= 4 is 39.3 Å². The summed E-state index contributed by atoms with van der Waals surface area (Å²) in [6, 6.07) is -0.311. The van der Waals surface area contributed by atoms with Crippen LogP contribution in [-0.4, -0.2) is 56.9 Å². The number of anilines is 1. The van der Waals surface area contributed by atoms with Crippen LogP contribution < -0.4 is 4.90 Å². The van der Waals surface area contributed by atoms with E-state index in [-0.39, 0.29) is 6.03 Å². The van der Waals surface area contributed by atoms with Gasteiger partial charge in [-0.25, -0.2) is 9.69 Å². The molecule has 1 aromatic heterocycles. The molecule has 0 saturated carbocycles. The Morgan fingerprint density at radius 2 is 2.12 bits per heavy atom. The van der Waals surface area contributed by atoms with E-state index in [1.165, 1.54) is 16.7 Å². The SMILES string of the molecule is CCCCCCS(=O)c1nnc(N2C(=O)N(C)CCC2OC(C)=O)s1. The van der Waals surface area contributed by atoms with Gasteiger partial charge in [0.1, 0.15) is 0 Å². The van der Waals surface area contributed by atoms with E-state index < -0.39 is 23.0 Å². The van der Waals surface area contributed by atoms with Crippen LogP contribution in [0.2, 0.25) is 0 Å². The average molecular weight is 389 g/mol. The highest BCUT2D eigenvalue weighted by molar-refractivity contribution is 7.87. The first kappa shape index (κ1) is 19.8. The Balaban J connectivity index is 2.10. The summed E-state index contributed by atoms with van der Waals surface area (Å²) in [7, 11) is 0.447. The summed E-state index contributed by atoms with van der Waals surface area (Å²) in [6.07, 6.45) is 3.93. The molecule has 140 valence electrons. The third-order valence-electron chi connectivity index (χ3n) is 3.81. The highest BCUT2D eigenvalue weighted by Gasteiger charge is 2.37. The Morgan fingerprint density at radius 3 is 2.80 bits per heavy atom. The maximum atomic E-state index is 12.5. The number of ether oxygens (including phenoxy) is 1. The third-order valence-corrected chi connectivity index (χ3v) is 6.47. The molecule has 0 spiro atoms. The van der Waals surface area contributed by atoms with Crippen LogP contribution in [0.25, 0.3) is 0 Å². The van der Waals surface area contributed by atoms with Gasteiger partial charge in [-0.15, -0.1) is 10.2 Å². The molecule has 8 nitrogen and oxygen atoms in total. The van der Waals surface area contributed by atoms with Crippen molar-refractivity contribution in [2.45, 2.75) is 56.5 Å². The van der Waals surface area contributed by atoms with Crippen molar-refractivity contribution in [3.05, 3.63) is 0 Å². The number of hydrogen-bond donors (Lipinski definition) is 0. The summed E-state index contributed by atoms with van der Waals surface area (Å²) < 4.78 is 18.0. The van der Waals surface area contributed by atoms with Crippen molar-refractivity contribution in [1.82, 2.24) is 15.1 Å². The normalized spacial score (nSPS) is 19.2. The quantitative estimate of drug-likeness (QED) is 0.386. The molecule has 25 heavy (non-hydrogen) atoms. The topological polar surface area (TPSA) is 92.7 Å². The Morgan fingerprint density at radius 1 is 1.36 bits per heavy atom. The van der Waals surface area contributed by atoms with Gasteiger partial charge in [-0.2, -0.15) is 0 Å². The first-order valence-corrected chi connectivity index (χ1v) is 10.5. The Kier molecular flexibility index (Phi) is 7.30. The van der Waals surface area contributed by atoms with E-state index >= 15 is 0 Å². The monoisotopic (exact) mass is 388 g/mol. The number of unbranched alkanes of at least 4 members (excludes halogenated alkanes) is 3. The number of carbonyl (C=O) groups excluding carboxylic acids is 2. The first-order chi connectivity index (χ1) is 11.9. The second-order valence-electron chi connectivity index (χ2n) is 5.89. The van der Waals surface area contributed by atoms with Crippen LogP contribution in [0.1, 0.15) is 46.0 Å².